The van der Waals surface area contributed by atoms with Crippen LogP contribution in [0.4, 0.5) is 8.78 Å². The third-order valence-electron chi connectivity index (χ3n) is 2.79. The van der Waals surface area contributed by atoms with Crippen molar-refractivity contribution in [2.45, 2.75) is 19.9 Å². The Morgan fingerprint density at radius 2 is 1.94 bits per heavy atom. The quantitative estimate of drug-likeness (QED) is 0.828. The van der Waals surface area contributed by atoms with E-state index in [2.05, 4.69) is 4.74 Å². The topological polar surface area (TPSA) is 52.3 Å². The van der Waals surface area contributed by atoms with E-state index < -0.39 is 29.1 Å². The van der Waals surface area contributed by atoms with Crippen LogP contribution in [0, 0.1) is 17.0 Å². The van der Waals surface area contributed by atoms with E-state index >= 15 is 0 Å². The first-order chi connectivity index (χ1) is 7.80. The number of hydrogen-bond acceptors (Lipinski definition) is 3. The molecular formula is C12H15F2NO2. The zero-order chi connectivity index (χ0) is 13.2. The fourth-order valence-corrected chi connectivity index (χ4v) is 1.51. The zero-order valence-corrected chi connectivity index (χ0v) is 9.96. The van der Waals surface area contributed by atoms with Gasteiger partial charge in [0.2, 0.25) is 0 Å². The molecule has 0 aliphatic rings. The van der Waals surface area contributed by atoms with E-state index in [-0.39, 0.29) is 0 Å². The largest absolute Gasteiger partial charge is 0.469 e. The van der Waals surface area contributed by atoms with Crippen LogP contribution < -0.4 is 5.73 Å². The van der Waals surface area contributed by atoms with Gasteiger partial charge < -0.3 is 10.5 Å². The number of carbonyl (C=O) groups excluding carboxylic acids is 1. The molecule has 0 heterocycles. The van der Waals surface area contributed by atoms with Crippen LogP contribution in [0.3, 0.4) is 0 Å². The lowest BCUT2D eigenvalue weighted by atomic mass is 9.81. The summed E-state index contributed by atoms with van der Waals surface area (Å²) in [5.74, 6) is -2.44. The molecule has 0 aliphatic heterocycles. The zero-order valence-electron chi connectivity index (χ0n) is 9.96. The summed E-state index contributed by atoms with van der Waals surface area (Å²) in [4.78, 5) is 11.5. The van der Waals surface area contributed by atoms with Crippen molar-refractivity contribution >= 4 is 5.97 Å². The average Bonchev–Trinajstić information content (AvgIpc) is 2.30. The molecule has 0 radical (unpaired) electrons. The smallest absolute Gasteiger partial charge is 0.313 e. The lowest BCUT2D eigenvalue weighted by molar-refractivity contribution is -0.152. The molecule has 0 unspecified atom stereocenters. The molecule has 0 amide bonds. The van der Waals surface area contributed by atoms with Gasteiger partial charge in [0.25, 0.3) is 0 Å². The first-order valence-corrected chi connectivity index (χ1v) is 5.09. The van der Waals surface area contributed by atoms with Crippen LogP contribution in [0.1, 0.15) is 25.5 Å². The maximum atomic E-state index is 13.1. The van der Waals surface area contributed by atoms with Crippen molar-refractivity contribution < 1.29 is 18.3 Å². The fourth-order valence-electron chi connectivity index (χ4n) is 1.51. The van der Waals surface area contributed by atoms with Crippen LogP contribution in [0.15, 0.2) is 18.2 Å². The number of nitrogens with two attached hydrogens (primary N) is 1. The van der Waals surface area contributed by atoms with Gasteiger partial charge in [-0.15, -0.1) is 0 Å². The minimum atomic E-state index is -1.01. The Hall–Kier alpha value is -1.49. The predicted octanol–water partition coefficient (Wildman–Crippen LogP) is 2.16. The maximum absolute atomic E-state index is 13.1. The molecule has 17 heavy (non-hydrogen) atoms. The third kappa shape index (κ3) is 2.61. The third-order valence-corrected chi connectivity index (χ3v) is 2.79. The highest BCUT2D eigenvalue weighted by atomic mass is 19.2. The number of methoxy groups -OCH3 is 1. The Labute approximate surface area is 98.6 Å². The molecule has 0 aliphatic carbocycles. The summed E-state index contributed by atoms with van der Waals surface area (Å²) in [5, 5.41) is 0. The van der Waals surface area contributed by atoms with E-state index in [0.717, 1.165) is 12.1 Å². The monoisotopic (exact) mass is 243 g/mol. The van der Waals surface area contributed by atoms with Gasteiger partial charge in [0.1, 0.15) is 0 Å². The van der Waals surface area contributed by atoms with Gasteiger partial charge in [0, 0.05) is 6.04 Å². The van der Waals surface area contributed by atoms with Gasteiger partial charge in [0.15, 0.2) is 11.6 Å². The van der Waals surface area contributed by atoms with Gasteiger partial charge in [-0.2, -0.15) is 0 Å². The molecule has 0 spiro atoms. The van der Waals surface area contributed by atoms with Crippen LogP contribution in [0.25, 0.3) is 0 Å². The molecule has 1 aromatic carbocycles. The molecule has 0 fully saturated rings. The second kappa shape index (κ2) is 4.79. The molecule has 0 aromatic heterocycles. The van der Waals surface area contributed by atoms with E-state index in [4.69, 9.17) is 5.73 Å². The van der Waals surface area contributed by atoms with E-state index in [1.807, 2.05) is 0 Å². The highest BCUT2D eigenvalue weighted by Gasteiger charge is 2.36. The molecule has 5 heteroatoms. The Bertz CT molecular complexity index is 433. The van der Waals surface area contributed by atoms with Crippen molar-refractivity contribution in [1.82, 2.24) is 0 Å². The lowest BCUT2D eigenvalue weighted by Gasteiger charge is -2.28. The minimum absolute atomic E-state index is 0.347. The van der Waals surface area contributed by atoms with Crippen LogP contribution in [-0.4, -0.2) is 13.1 Å². The second-order valence-electron chi connectivity index (χ2n) is 4.36. The van der Waals surface area contributed by atoms with Gasteiger partial charge in [-0.1, -0.05) is 6.07 Å². The minimum Gasteiger partial charge on any atom is -0.469 e. The van der Waals surface area contributed by atoms with Crippen LogP contribution in [-0.2, 0) is 9.53 Å². The molecule has 94 valence electrons. The number of ether oxygens (including phenoxy) is 1. The SMILES string of the molecule is COC(=O)C(C)(C)[C@H](N)c1ccc(F)c(F)c1. The molecule has 0 bridgehead atoms. The summed E-state index contributed by atoms with van der Waals surface area (Å²) in [6.45, 7) is 3.18. The fraction of sp³-hybridized carbons (Fsp3) is 0.417. The molecule has 2 N–H and O–H groups in total. The highest BCUT2D eigenvalue weighted by Crippen LogP contribution is 2.32. The van der Waals surface area contributed by atoms with Crippen molar-refractivity contribution in [2.75, 3.05) is 7.11 Å². The molecule has 1 rings (SSSR count). The van der Waals surface area contributed by atoms with Crippen molar-refractivity contribution in [3.63, 3.8) is 0 Å². The van der Waals surface area contributed by atoms with Crippen molar-refractivity contribution in [2.24, 2.45) is 11.1 Å². The van der Waals surface area contributed by atoms with E-state index in [0.29, 0.717) is 5.56 Å². The Morgan fingerprint density at radius 1 is 1.35 bits per heavy atom. The summed E-state index contributed by atoms with van der Waals surface area (Å²) in [7, 11) is 1.25. The summed E-state index contributed by atoms with van der Waals surface area (Å²) in [6, 6.07) is 2.56. The van der Waals surface area contributed by atoms with Crippen LogP contribution >= 0.6 is 0 Å². The molecular weight excluding hydrogens is 228 g/mol. The van der Waals surface area contributed by atoms with Gasteiger partial charge >= 0.3 is 5.97 Å². The first-order valence-electron chi connectivity index (χ1n) is 5.09. The summed E-state index contributed by atoms with van der Waals surface area (Å²) >= 11 is 0. The summed E-state index contributed by atoms with van der Waals surface area (Å²) < 4.78 is 30.5. The van der Waals surface area contributed by atoms with Gasteiger partial charge in [0.05, 0.1) is 12.5 Å². The van der Waals surface area contributed by atoms with Crippen molar-refractivity contribution in [3.05, 3.63) is 35.4 Å². The predicted molar refractivity (Wildman–Crippen MR) is 59.1 cm³/mol. The van der Waals surface area contributed by atoms with E-state index in [1.54, 1.807) is 13.8 Å². The van der Waals surface area contributed by atoms with E-state index in [9.17, 15) is 13.6 Å². The number of halogens is 2. The lowest BCUT2D eigenvalue weighted by Crippen LogP contribution is -2.37. The van der Waals surface area contributed by atoms with Gasteiger partial charge in [-0.3, -0.25) is 4.79 Å². The van der Waals surface area contributed by atoms with Gasteiger partial charge in [-0.25, -0.2) is 8.78 Å². The number of rotatable bonds is 3. The Balaban J connectivity index is 3.07. The number of esters is 1. The van der Waals surface area contributed by atoms with E-state index in [1.165, 1.54) is 13.2 Å². The van der Waals surface area contributed by atoms with Crippen LogP contribution in [0.2, 0.25) is 0 Å². The Morgan fingerprint density at radius 3 is 2.41 bits per heavy atom. The number of benzene rings is 1. The summed E-state index contributed by atoms with van der Waals surface area (Å²) in [6.07, 6.45) is 0. The second-order valence-corrected chi connectivity index (χ2v) is 4.36. The molecule has 1 atom stereocenters. The van der Waals surface area contributed by atoms with Gasteiger partial charge in [-0.05, 0) is 31.5 Å². The number of hydrogen-bond donors (Lipinski definition) is 1. The highest BCUT2D eigenvalue weighted by molar-refractivity contribution is 5.77. The first kappa shape index (κ1) is 13.6. The maximum Gasteiger partial charge on any atom is 0.313 e. The molecule has 0 saturated heterocycles. The van der Waals surface area contributed by atoms with Crippen LogP contribution in [0.5, 0.6) is 0 Å². The van der Waals surface area contributed by atoms with Crippen molar-refractivity contribution in [1.29, 1.82) is 0 Å². The van der Waals surface area contributed by atoms with Crippen molar-refractivity contribution in [3.8, 4) is 0 Å². The number of carbonyl (C=O) groups is 1. The molecule has 1 aromatic rings. The average molecular weight is 243 g/mol. The standard InChI is InChI=1S/C12H15F2NO2/c1-12(2,11(16)17-3)10(15)7-4-5-8(13)9(14)6-7/h4-6,10H,15H2,1-3H3/t10-/m1/s1. The molecule has 0 saturated carbocycles. The molecule has 3 nitrogen and oxygen atoms in total. The Kier molecular flexibility index (Phi) is 3.83. The normalized spacial score (nSPS) is 13.3. The summed E-state index contributed by atoms with van der Waals surface area (Å²) in [5.41, 5.74) is 5.21.